The first-order valence-electron chi connectivity index (χ1n) is 6.63. The Kier molecular flexibility index (Phi) is 4.85. The number of halogens is 3. The van der Waals surface area contributed by atoms with Crippen LogP contribution < -0.4 is 10.5 Å². The standard InChI is InChI=1S/C16H16F3NO/c17-16(18,19)13-6-8-14(9-7-13)21-15-5-1-3-12(11-15)4-2-10-20/h1,3,5-9,11H,2,4,10,20H2. The van der Waals surface area contributed by atoms with Crippen molar-refractivity contribution in [1.29, 1.82) is 0 Å². The molecular formula is C16H16F3NO. The molecule has 0 amide bonds. The molecule has 0 atom stereocenters. The van der Waals surface area contributed by atoms with Gasteiger partial charge in [-0.2, -0.15) is 13.2 Å². The van der Waals surface area contributed by atoms with Crippen molar-refractivity contribution in [2.45, 2.75) is 19.0 Å². The lowest BCUT2D eigenvalue weighted by atomic mass is 10.1. The van der Waals surface area contributed by atoms with Crippen molar-refractivity contribution in [2.24, 2.45) is 5.73 Å². The summed E-state index contributed by atoms with van der Waals surface area (Å²) in [5.41, 5.74) is 5.86. The second-order valence-corrected chi connectivity index (χ2v) is 4.66. The molecule has 0 aliphatic rings. The van der Waals surface area contributed by atoms with Crippen LogP contribution in [0.2, 0.25) is 0 Å². The molecule has 2 rings (SSSR count). The van der Waals surface area contributed by atoms with E-state index in [-0.39, 0.29) is 0 Å². The van der Waals surface area contributed by atoms with Gasteiger partial charge in [0.1, 0.15) is 11.5 Å². The van der Waals surface area contributed by atoms with Gasteiger partial charge in [0.05, 0.1) is 5.56 Å². The molecule has 0 saturated carbocycles. The van der Waals surface area contributed by atoms with E-state index in [9.17, 15) is 13.2 Å². The molecule has 112 valence electrons. The Morgan fingerprint density at radius 3 is 2.29 bits per heavy atom. The maximum Gasteiger partial charge on any atom is 0.416 e. The molecule has 0 saturated heterocycles. The monoisotopic (exact) mass is 295 g/mol. The second kappa shape index (κ2) is 6.63. The summed E-state index contributed by atoms with van der Waals surface area (Å²) < 4.78 is 43.0. The van der Waals surface area contributed by atoms with Gasteiger partial charge < -0.3 is 10.5 Å². The lowest BCUT2D eigenvalue weighted by Gasteiger charge is -2.10. The molecule has 2 N–H and O–H groups in total. The van der Waals surface area contributed by atoms with E-state index in [1.165, 1.54) is 12.1 Å². The first-order chi connectivity index (χ1) is 9.99. The summed E-state index contributed by atoms with van der Waals surface area (Å²) in [5.74, 6) is 0.975. The van der Waals surface area contributed by atoms with Crippen LogP contribution in [0.5, 0.6) is 11.5 Å². The summed E-state index contributed by atoms with van der Waals surface area (Å²) in [6.07, 6.45) is -2.61. The molecule has 0 radical (unpaired) electrons. The number of alkyl halides is 3. The van der Waals surface area contributed by atoms with Crippen LogP contribution in [0.1, 0.15) is 17.5 Å². The molecule has 0 fully saturated rings. The highest BCUT2D eigenvalue weighted by Gasteiger charge is 2.30. The SMILES string of the molecule is NCCCc1cccc(Oc2ccc(C(F)(F)F)cc2)c1. The van der Waals surface area contributed by atoms with Gasteiger partial charge in [-0.25, -0.2) is 0 Å². The van der Waals surface area contributed by atoms with Crippen LogP contribution in [-0.4, -0.2) is 6.54 Å². The van der Waals surface area contributed by atoms with Crippen LogP contribution in [0.4, 0.5) is 13.2 Å². The third kappa shape index (κ3) is 4.49. The van der Waals surface area contributed by atoms with Crippen LogP contribution in [0.3, 0.4) is 0 Å². The molecule has 0 aliphatic heterocycles. The summed E-state index contributed by atoms with van der Waals surface area (Å²) in [7, 11) is 0. The van der Waals surface area contributed by atoms with Gasteiger partial charge in [0, 0.05) is 0 Å². The molecule has 2 aromatic carbocycles. The zero-order valence-corrected chi connectivity index (χ0v) is 11.4. The number of ether oxygens (including phenoxy) is 1. The third-order valence-electron chi connectivity index (χ3n) is 2.99. The first-order valence-corrected chi connectivity index (χ1v) is 6.63. The zero-order valence-electron chi connectivity index (χ0n) is 11.4. The minimum absolute atomic E-state index is 0.374. The van der Waals surface area contributed by atoms with Gasteiger partial charge >= 0.3 is 6.18 Å². The smallest absolute Gasteiger partial charge is 0.416 e. The Morgan fingerprint density at radius 1 is 0.952 bits per heavy atom. The first kappa shape index (κ1) is 15.4. The number of aryl methyl sites for hydroxylation is 1. The molecule has 5 heteroatoms. The highest BCUT2D eigenvalue weighted by atomic mass is 19.4. The lowest BCUT2D eigenvalue weighted by Crippen LogP contribution is -2.04. The van der Waals surface area contributed by atoms with Gasteiger partial charge in [0.2, 0.25) is 0 Å². The summed E-state index contributed by atoms with van der Waals surface area (Å²) in [4.78, 5) is 0. The van der Waals surface area contributed by atoms with Gasteiger partial charge in [0.25, 0.3) is 0 Å². The van der Waals surface area contributed by atoms with E-state index in [0.29, 0.717) is 18.0 Å². The Morgan fingerprint density at radius 2 is 1.67 bits per heavy atom. The van der Waals surface area contributed by atoms with E-state index in [0.717, 1.165) is 30.5 Å². The minimum Gasteiger partial charge on any atom is -0.457 e. The van der Waals surface area contributed by atoms with Gasteiger partial charge in [-0.05, 0) is 61.3 Å². The van der Waals surface area contributed by atoms with Crippen LogP contribution in [-0.2, 0) is 12.6 Å². The van der Waals surface area contributed by atoms with E-state index in [1.807, 2.05) is 18.2 Å². The van der Waals surface area contributed by atoms with Crippen molar-refractivity contribution >= 4 is 0 Å². The highest BCUT2D eigenvalue weighted by molar-refractivity contribution is 5.35. The van der Waals surface area contributed by atoms with E-state index in [2.05, 4.69) is 0 Å². The largest absolute Gasteiger partial charge is 0.457 e. The number of rotatable bonds is 5. The van der Waals surface area contributed by atoms with Crippen molar-refractivity contribution in [3.05, 3.63) is 59.7 Å². The Bertz CT molecular complexity index is 579. The van der Waals surface area contributed by atoms with Crippen molar-refractivity contribution in [3.63, 3.8) is 0 Å². The summed E-state index contributed by atoms with van der Waals surface area (Å²) in [6, 6.07) is 12.1. The molecule has 2 nitrogen and oxygen atoms in total. The maximum atomic E-state index is 12.5. The van der Waals surface area contributed by atoms with E-state index < -0.39 is 11.7 Å². The third-order valence-corrected chi connectivity index (χ3v) is 2.99. The number of hydrogen-bond donors (Lipinski definition) is 1. The number of hydrogen-bond acceptors (Lipinski definition) is 2. The molecule has 0 bridgehead atoms. The summed E-state index contributed by atoms with van der Waals surface area (Å²) in [6.45, 7) is 0.615. The topological polar surface area (TPSA) is 35.2 Å². The predicted octanol–water partition coefficient (Wildman–Crippen LogP) is 4.39. The fourth-order valence-corrected chi connectivity index (χ4v) is 1.92. The van der Waals surface area contributed by atoms with Crippen molar-refractivity contribution in [3.8, 4) is 11.5 Å². The van der Waals surface area contributed by atoms with Gasteiger partial charge in [0.15, 0.2) is 0 Å². The summed E-state index contributed by atoms with van der Waals surface area (Å²) in [5, 5.41) is 0. The zero-order chi connectivity index (χ0) is 15.3. The van der Waals surface area contributed by atoms with Crippen molar-refractivity contribution < 1.29 is 17.9 Å². The van der Waals surface area contributed by atoms with E-state index in [1.54, 1.807) is 6.07 Å². The van der Waals surface area contributed by atoms with Crippen LogP contribution in [0.25, 0.3) is 0 Å². The number of nitrogens with two attached hydrogens (primary N) is 1. The lowest BCUT2D eigenvalue weighted by molar-refractivity contribution is -0.137. The molecule has 0 spiro atoms. The average molecular weight is 295 g/mol. The predicted molar refractivity (Wildman–Crippen MR) is 75.3 cm³/mol. The molecule has 0 aromatic heterocycles. The van der Waals surface area contributed by atoms with Crippen LogP contribution in [0.15, 0.2) is 48.5 Å². The Hall–Kier alpha value is -2.01. The number of benzene rings is 2. The van der Waals surface area contributed by atoms with Crippen molar-refractivity contribution in [1.82, 2.24) is 0 Å². The summed E-state index contributed by atoms with van der Waals surface area (Å²) >= 11 is 0. The maximum absolute atomic E-state index is 12.5. The highest BCUT2D eigenvalue weighted by Crippen LogP contribution is 2.31. The van der Waals surface area contributed by atoms with Crippen LogP contribution >= 0.6 is 0 Å². The van der Waals surface area contributed by atoms with E-state index in [4.69, 9.17) is 10.5 Å². The molecule has 21 heavy (non-hydrogen) atoms. The molecule has 0 aliphatic carbocycles. The van der Waals surface area contributed by atoms with Crippen molar-refractivity contribution in [2.75, 3.05) is 6.54 Å². The fraction of sp³-hybridized carbons (Fsp3) is 0.250. The van der Waals surface area contributed by atoms with Gasteiger partial charge in [-0.1, -0.05) is 12.1 Å². The fourth-order valence-electron chi connectivity index (χ4n) is 1.92. The Labute approximate surface area is 121 Å². The van der Waals surface area contributed by atoms with Crippen LogP contribution in [0, 0.1) is 0 Å². The van der Waals surface area contributed by atoms with E-state index >= 15 is 0 Å². The molecule has 2 aromatic rings. The minimum atomic E-state index is -4.33. The van der Waals surface area contributed by atoms with Gasteiger partial charge in [-0.15, -0.1) is 0 Å². The Balaban J connectivity index is 2.07. The molecule has 0 unspecified atom stereocenters. The molecular weight excluding hydrogens is 279 g/mol. The quantitative estimate of drug-likeness (QED) is 0.888. The second-order valence-electron chi connectivity index (χ2n) is 4.66. The average Bonchev–Trinajstić information content (AvgIpc) is 2.45. The normalized spacial score (nSPS) is 11.4. The van der Waals surface area contributed by atoms with Gasteiger partial charge in [-0.3, -0.25) is 0 Å². The molecule has 0 heterocycles.